The molecule has 1 amide bonds. The molecular weight excluding hydrogens is 438 g/mol. The van der Waals surface area contributed by atoms with Gasteiger partial charge in [-0.25, -0.2) is 4.79 Å². The van der Waals surface area contributed by atoms with Gasteiger partial charge in [-0.15, -0.1) is 0 Å². The minimum atomic E-state index is -0.493. The fraction of sp³-hybridized carbons (Fsp3) is 0.276. The highest BCUT2D eigenvalue weighted by molar-refractivity contribution is 5.86. The molecule has 0 saturated carbocycles. The maximum Gasteiger partial charge on any atom is 0.411 e. The summed E-state index contributed by atoms with van der Waals surface area (Å²) in [4.78, 5) is 14.8. The lowest BCUT2D eigenvalue weighted by Gasteiger charge is -2.22. The summed E-state index contributed by atoms with van der Waals surface area (Å²) >= 11 is 0. The van der Waals surface area contributed by atoms with Crippen LogP contribution in [0, 0.1) is 13.8 Å². The molecule has 182 valence electrons. The standard InChI is InChI=1S/C29H33N3O3/c1-5-31(6-2)25-12-13-26(22(4)18-25)30-29(33)34-19-24-17-21(3)11-14-28(24)35-20-32-16-15-23-9-7-8-10-27(23)32/h7-18H,5-6,19-20H2,1-4H3,(H,30,33). The summed E-state index contributed by atoms with van der Waals surface area (Å²) in [6.07, 6.45) is 1.52. The predicted molar refractivity (Wildman–Crippen MR) is 142 cm³/mol. The monoisotopic (exact) mass is 471 g/mol. The van der Waals surface area contributed by atoms with E-state index in [9.17, 15) is 4.79 Å². The number of anilines is 2. The van der Waals surface area contributed by atoms with Crippen LogP contribution >= 0.6 is 0 Å². The summed E-state index contributed by atoms with van der Waals surface area (Å²) in [5.74, 6) is 0.695. The number of para-hydroxylation sites is 1. The molecule has 4 rings (SSSR count). The number of benzene rings is 3. The van der Waals surface area contributed by atoms with E-state index in [0.717, 1.165) is 46.7 Å². The SMILES string of the molecule is CCN(CC)c1ccc(NC(=O)OCc2cc(C)ccc2OCn2ccc3ccccc32)c(C)c1. The van der Waals surface area contributed by atoms with E-state index in [1.807, 2.05) is 62.5 Å². The smallest absolute Gasteiger partial charge is 0.411 e. The Morgan fingerprint density at radius 3 is 2.54 bits per heavy atom. The molecule has 0 aliphatic rings. The van der Waals surface area contributed by atoms with Crippen LogP contribution in [0.1, 0.15) is 30.5 Å². The number of aromatic nitrogens is 1. The minimum absolute atomic E-state index is 0.117. The van der Waals surface area contributed by atoms with Crippen molar-refractivity contribution in [2.45, 2.75) is 41.0 Å². The third kappa shape index (κ3) is 5.77. The Balaban J connectivity index is 1.39. The molecule has 0 unspecified atom stereocenters. The van der Waals surface area contributed by atoms with Gasteiger partial charge in [-0.1, -0.05) is 29.8 Å². The van der Waals surface area contributed by atoms with Crippen LogP contribution in [0.5, 0.6) is 5.75 Å². The Labute approximate surface area is 207 Å². The molecule has 1 heterocycles. The summed E-state index contributed by atoms with van der Waals surface area (Å²) in [7, 11) is 0. The van der Waals surface area contributed by atoms with E-state index in [4.69, 9.17) is 9.47 Å². The van der Waals surface area contributed by atoms with Crippen LogP contribution in [0.25, 0.3) is 10.9 Å². The van der Waals surface area contributed by atoms with Gasteiger partial charge in [-0.05, 0) is 81.1 Å². The second-order valence-corrected chi connectivity index (χ2v) is 8.60. The summed E-state index contributed by atoms with van der Waals surface area (Å²) in [5, 5.41) is 4.03. The van der Waals surface area contributed by atoms with Crippen molar-refractivity contribution in [3.05, 3.63) is 89.6 Å². The molecule has 3 aromatic carbocycles. The molecule has 6 heteroatoms. The average Bonchev–Trinajstić information content (AvgIpc) is 3.27. The minimum Gasteiger partial charge on any atom is -0.472 e. The van der Waals surface area contributed by atoms with Crippen molar-refractivity contribution < 1.29 is 14.3 Å². The van der Waals surface area contributed by atoms with Crippen molar-refractivity contribution in [1.29, 1.82) is 0 Å². The molecule has 0 saturated heterocycles. The number of hydrogen-bond donors (Lipinski definition) is 1. The van der Waals surface area contributed by atoms with Crippen molar-refractivity contribution in [2.75, 3.05) is 23.3 Å². The van der Waals surface area contributed by atoms with E-state index in [2.05, 4.69) is 52.9 Å². The number of carbonyl (C=O) groups excluding carboxylic acids is 1. The van der Waals surface area contributed by atoms with Gasteiger partial charge < -0.3 is 18.9 Å². The van der Waals surface area contributed by atoms with E-state index in [1.54, 1.807) is 0 Å². The molecule has 0 aliphatic heterocycles. The molecule has 4 aromatic rings. The third-order valence-electron chi connectivity index (χ3n) is 6.19. The number of rotatable bonds is 9. The zero-order valence-electron chi connectivity index (χ0n) is 20.9. The van der Waals surface area contributed by atoms with Crippen molar-refractivity contribution in [3.63, 3.8) is 0 Å². The average molecular weight is 472 g/mol. The Kier molecular flexibility index (Phi) is 7.60. The molecule has 1 aromatic heterocycles. The molecule has 0 atom stereocenters. The Hall–Kier alpha value is -3.93. The Morgan fingerprint density at radius 1 is 0.971 bits per heavy atom. The van der Waals surface area contributed by atoms with Crippen LogP contribution in [0.2, 0.25) is 0 Å². The van der Waals surface area contributed by atoms with Gasteiger partial charge in [0.15, 0.2) is 6.73 Å². The highest BCUT2D eigenvalue weighted by Crippen LogP contribution is 2.25. The zero-order chi connectivity index (χ0) is 24.8. The van der Waals surface area contributed by atoms with Crippen LogP contribution in [0.15, 0.2) is 72.9 Å². The highest BCUT2D eigenvalue weighted by atomic mass is 16.5. The topological polar surface area (TPSA) is 55.7 Å². The lowest BCUT2D eigenvalue weighted by molar-refractivity contribution is 0.152. The van der Waals surface area contributed by atoms with Crippen LogP contribution in [-0.2, 0) is 18.1 Å². The molecule has 35 heavy (non-hydrogen) atoms. The molecule has 0 radical (unpaired) electrons. The van der Waals surface area contributed by atoms with E-state index >= 15 is 0 Å². The van der Waals surface area contributed by atoms with Crippen molar-refractivity contribution >= 4 is 28.4 Å². The Bertz CT molecular complexity index is 1310. The summed E-state index contributed by atoms with van der Waals surface area (Å²) < 4.78 is 13.7. The second-order valence-electron chi connectivity index (χ2n) is 8.60. The van der Waals surface area contributed by atoms with Crippen LogP contribution in [-0.4, -0.2) is 23.7 Å². The van der Waals surface area contributed by atoms with Crippen molar-refractivity contribution in [3.8, 4) is 5.75 Å². The van der Waals surface area contributed by atoms with E-state index in [0.29, 0.717) is 12.5 Å². The normalized spacial score (nSPS) is 10.9. The largest absolute Gasteiger partial charge is 0.472 e. The first kappa shape index (κ1) is 24.2. The number of ether oxygens (including phenoxy) is 2. The van der Waals surface area contributed by atoms with Crippen LogP contribution in [0.4, 0.5) is 16.2 Å². The summed E-state index contributed by atoms with van der Waals surface area (Å²) in [6, 6.07) is 22.2. The van der Waals surface area contributed by atoms with Gasteiger partial charge in [-0.3, -0.25) is 5.32 Å². The fourth-order valence-corrected chi connectivity index (χ4v) is 4.22. The number of nitrogens with zero attached hydrogens (tertiary/aromatic N) is 2. The number of fused-ring (bicyclic) bond motifs is 1. The Morgan fingerprint density at radius 2 is 1.77 bits per heavy atom. The quantitative estimate of drug-likeness (QED) is 0.289. The van der Waals surface area contributed by atoms with Crippen LogP contribution < -0.4 is 15.0 Å². The fourth-order valence-electron chi connectivity index (χ4n) is 4.22. The number of carbonyl (C=O) groups is 1. The summed E-state index contributed by atoms with van der Waals surface area (Å²) in [6.45, 7) is 10.6. The predicted octanol–water partition coefficient (Wildman–Crippen LogP) is 6.89. The molecule has 0 spiro atoms. The molecule has 0 bridgehead atoms. The first-order chi connectivity index (χ1) is 17.0. The van der Waals surface area contributed by atoms with Crippen molar-refractivity contribution in [1.82, 2.24) is 4.57 Å². The van der Waals surface area contributed by atoms with Gasteiger partial charge in [0.05, 0.1) is 5.52 Å². The molecule has 0 aliphatic carbocycles. The number of hydrogen-bond acceptors (Lipinski definition) is 4. The highest BCUT2D eigenvalue weighted by Gasteiger charge is 2.12. The summed E-state index contributed by atoms with van der Waals surface area (Å²) in [5.41, 5.74) is 5.88. The molecule has 0 fully saturated rings. The maximum atomic E-state index is 12.6. The van der Waals surface area contributed by atoms with E-state index in [1.165, 1.54) is 5.39 Å². The first-order valence-corrected chi connectivity index (χ1v) is 12.0. The van der Waals surface area contributed by atoms with Gasteiger partial charge in [0, 0.05) is 36.2 Å². The van der Waals surface area contributed by atoms with Gasteiger partial charge in [0.1, 0.15) is 12.4 Å². The third-order valence-corrected chi connectivity index (χ3v) is 6.19. The van der Waals surface area contributed by atoms with Crippen LogP contribution in [0.3, 0.4) is 0 Å². The molecule has 6 nitrogen and oxygen atoms in total. The number of amides is 1. The number of aryl methyl sites for hydroxylation is 2. The maximum absolute atomic E-state index is 12.6. The zero-order valence-corrected chi connectivity index (χ0v) is 20.9. The molecular formula is C29H33N3O3. The van der Waals surface area contributed by atoms with Crippen molar-refractivity contribution in [2.24, 2.45) is 0 Å². The lowest BCUT2D eigenvalue weighted by atomic mass is 10.1. The number of nitrogens with one attached hydrogen (secondary N) is 1. The van der Waals surface area contributed by atoms with Gasteiger partial charge >= 0.3 is 6.09 Å². The first-order valence-electron chi connectivity index (χ1n) is 12.0. The van der Waals surface area contributed by atoms with Gasteiger partial charge in [0.25, 0.3) is 0 Å². The van der Waals surface area contributed by atoms with E-state index < -0.39 is 6.09 Å². The van der Waals surface area contributed by atoms with E-state index in [-0.39, 0.29) is 6.61 Å². The second kappa shape index (κ2) is 11.0. The lowest BCUT2D eigenvalue weighted by Crippen LogP contribution is -2.22. The molecule has 1 N–H and O–H groups in total. The van der Waals surface area contributed by atoms with Gasteiger partial charge in [-0.2, -0.15) is 0 Å². The van der Waals surface area contributed by atoms with Gasteiger partial charge in [0.2, 0.25) is 0 Å².